The molecule has 17 heavy (non-hydrogen) atoms. The van der Waals surface area contributed by atoms with Gasteiger partial charge in [-0.05, 0) is 17.6 Å². The Labute approximate surface area is 98.3 Å². The molecule has 7 nitrogen and oxygen atoms in total. The third kappa shape index (κ3) is 1.64. The van der Waals surface area contributed by atoms with Crippen LogP contribution in [-0.2, 0) is 0 Å². The van der Waals surface area contributed by atoms with Gasteiger partial charge in [-0.1, -0.05) is 4.49 Å². The number of H-pyrrole nitrogens is 1. The second-order valence-corrected chi connectivity index (χ2v) is 3.89. The third-order valence-corrected chi connectivity index (χ3v) is 2.69. The number of nitrogens with one attached hydrogen (secondary N) is 1. The minimum Gasteiger partial charge on any atom is -0.478 e. The second-order valence-electron chi connectivity index (χ2n) is 3.28. The normalized spacial score (nSPS) is 10.8. The highest BCUT2D eigenvalue weighted by Crippen LogP contribution is 2.18. The lowest BCUT2D eigenvalue weighted by molar-refractivity contribution is 0.0696. The molecule has 3 rings (SSSR count). The number of nitrogens with zero attached hydrogens (tertiary/aromatic N) is 4. The molecule has 84 valence electrons. The van der Waals surface area contributed by atoms with E-state index in [1.54, 1.807) is 5.38 Å². The average molecular weight is 247 g/mol. The summed E-state index contributed by atoms with van der Waals surface area (Å²) in [6.07, 6.45) is 1.27. The maximum atomic E-state index is 10.8. The van der Waals surface area contributed by atoms with Gasteiger partial charge < -0.3 is 10.1 Å². The van der Waals surface area contributed by atoms with Crippen molar-refractivity contribution < 1.29 is 9.90 Å². The highest BCUT2D eigenvalue weighted by molar-refractivity contribution is 7.03. The maximum absolute atomic E-state index is 10.8. The summed E-state index contributed by atoms with van der Waals surface area (Å²) in [6, 6.07) is 1.49. The summed E-state index contributed by atoms with van der Waals surface area (Å²) < 4.78 is 3.73. The van der Waals surface area contributed by atoms with E-state index in [1.807, 2.05) is 0 Å². The Hall–Kier alpha value is -2.35. The number of hydrogen-bond donors (Lipinski definition) is 2. The van der Waals surface area contributed by atoms with E-state index < -0.39 is 5.97 Å². The Bertz CT molecular complexity index is 691. The van der Waals surface area contributed by atoms with Crippen molar-refractivity contribution in [1.82, 2.24) is 24.5 Å². The number of hydrogen-bond acceptors (Lipinski definition) is 6. The van der Waals surface area contributed by atoms with E-state index in [1.165, 1.54) is 23.8 Å². The van der Waals surface area contributed by atoms with Gasteiger partial charge in [-0.25, -0.2) is 14.8 Å². The van der Waals surface area contributed by atoms with Crippen LogP contribution in [0.4, 0.5) is 0 Å². The lowest BCUT2D eigenvalue weighted by Crippen LogP contribution is -1.96. The molecule has 0 saturated heterocycles. The topological polar surface area (TPSA) is 105 Å². The van der Waals surface area contributed by atoms with Crippen molar-refractivity contribution in [1.29, 1.82) is 0 Å². The fraction of sp³-hybridized carbons (Fsp3) is 0. The number of aromatic amines is 1. The lowest BCUT2D eigenvalue weighted by Gasteiger charge is -1.91. The van der Waals surface area contributed by atoms with Crippen LogP contribution in [0.15, 0.2) is 17.6 Å². The first-order valence-corrected chi connectivity index (χ1v) is 5.44. The maximum Gasteiger partial charge on any atom is 0.337 e. The number of aromatic nitrogens is 5. The largest absolute Gasteiger partial charge is 0.478 e. The molecule has 0 fully saturated rings. The van der Waals surface area contributed by atoms with Crippen molar-refractivity contribution in [2.24, 2.45) is 0 Å². The number of rotatable bonds is 2. The number of pyridine rings is 1. The van der Waals surface area contributed by atoms with E-state index in [2.05, 4.69) is 24.5 Å². The highest BCUT2D eigenvalue weighted by Gasteiger charge is 2.11. The molecule has 3 aromatic rings. The molecule has 0 spiro atoms. The summed E-state index contributed by atoms with van der Waals surface area (Å²) in [5, 5.41) is 14.5. The van der Waals surface area contributed by atoms with Gasteiger partial charge in [0.15, 0.2) is 11.5 Å². The van der Waals surface area contributed by atoms with Crippen LogP contribution in [-0.4, -0.2) is 35.6 Å². The van der Waals surface area contributed by atoms with Gasteiger partial charge >= 0.3 is 5.97 Å². The summed E-state index contributed by atoms with van der Waals surface area (Å²) in [7, 11) is 0. The van der Waals surface area contributed by atoms with Gasteiger partial charge in [-0.3, -0.25) is 0 Å². The zero-order valence-corrected chi connectivity index (χ0v) is 9.10. The molecule has 2 N–H and O–H groups in total. The van der Waals surface area contributed by atoms with Gasteiger partial charge in [-0.15, -0.1) is 5.10 Å². The summed E-state index contributed by atoms with van der Waals surface area (Å²) in [4.78, 5) is 21.9. The first-order valence-electron chi connectivity index (χ1n) is 4.60. The van der Waals surface area contributed by atoms with E-state index in [0.717, 1.165) is 0 Å². The first-order chi connectivity index (χ1) is 8.24. The van der Waals surface area contributed by atoms with Crippen LogP contribution in [0, 0.1) is 0 Å². The average Bonchev–Trinajstić information content (AvgIpc) is 2.96. The van der Waals surface area contributed by atoms with Crippen LogP contribution in [0.3, 0.4) is 0 Å². The van der Waals surface area contributed by atoms with Crippen LogP contribution in [0.2, 0.25) is 0 Å². The molecular weight excluding hydrogens is 242 g/mol. The number of carboxylic acids is 1. The Morgan fingerprint density at radius 1 is 1.47 bits per heavy atom. The van der Waals surface area contributed by atoms with Gasteiger partial charge in [0.2, 0.25) is 0 Å². The molecule has 3 aromatic heterocycles. The van der Waals surface area contributed by atoms with Crippen molar-refractivity contribution in [3.05, 3.63) is 23.2 Å². The van der Waals surface area contributed by atoms with Crippen LogP contribution < -0.4 is 0 Å². The predicted octanol–water partition coefficient (Wildman–Crippen LogP) is 1.17. The molecule has 0 saturated carbocycles. The Morgan fingerprint density at radius 2 is 2.35 bits per heavy atom. The van der Waals surface area contributed by atoms with Crippen molar-refractivity contribution in [2.45, 2.75) is 0 Å². The third-order valence-electron chi connectivity index (χ3n) is 2.19. The summed E-state index contributed by atoms with van der Waals surface area (Å²) in [5.41, 5.74) is 1.75. The molecule has 0 radical (unpaired) electrons. The van der Waals surface area contributed by atoms with Gasteiger partial charge in [-0.2, -0.15) is 0 Å². The van der Waals surface area contributed by atoms with E-state index in [9.17, 15) is 4.79 Å². The van der Waals surface area contributed by atoms with Gasteiger partial charge in [0, 0.05) is 11.6 Å². The molecule has 3 heterocycles. The van der Waals surface area contributed by atoms with Crippen molar-refractivity contribution >= 4 is 28.7 Å². The number of carboxylic acid groups (broad SMARTS) is 1. The molecule has 8 heteroatoms. The van der Waals surface area contributed by atoms with Crippen LogP contribution in [0.5, 0.6) is 0 Å². The monoisotopic (exact) mass is 247 g/mol. The number of imidazole rings is 1. The zero-order chi connectivity index (χ0) is 11.8. The molecule has 0 aromatic carbocycles. The van der Waals surface area contributed by atoms with Crippen molar-refractivity contribution in [3.63, 3.8) is 0 Å². The standard InChI is InChI=1S/C9H5N5O2S/c15-9(16)4-1-5-7(10-2-4)12-8(11-5)6-3-17-14-13-6/h1-3H,(H,15,16)(H,10,11,12). The predicted molar refractivity (Wildman–Crippen MR) is 59.8 cm³/mol. The van der Waals surface area contributed by atoms with Crippen molar-refractivity contribution in [2.75, 3.05) is 0 Å². The van der Waals surface area contributed by atoms with Crippen LogP contribution in [0.1, 0.15) is 10.4 Å². The molecule has 0 bridgehead atoms. The van der Waals surface area contributed by atoms with Crippen molar-refractivity contribution in [3.8, 4) is 11.5 Å². The van der Waals surface area contributed by atoms with Gasteiger partial charge in [0.25, 0.3) is 0 Å². The molecule has 0 aliphatic rings. The quantitative estimate of drug-likeness (QED) is 0.704. The smallest absolute Gasteiger partial charge is 0.337 e. The molecular formula is C9H5N5O2S. The lowest BCUT2D eigenvalue weighted by atomic mass is 10.3. The summed E-state index contributed by atoms with van der Waals surface area (Å²) in [5.74, 6) is -0.491. The number of aromatic carboxylic acids is 1. The molecule has 0 aliphatic carbocycles. The molecule has 0 aliphatic heterocycles. The molecule has 0 atom stereocenters. The number of fused-ring (bicyclic) bond motifs is 1. The zero-order valence-electron chi connectivity index (χ0n) is 8.28. The highest BCUT2D eigenvalue weighted by atomic mass is 32.1. The fourth-order valence-corrected chi connectivity index (χ4v) is 1.85. The van der Waals surface area contributed by atoms with Gasteiger partial charge in [0.1, 0.15) is 5.69 Å². The molecule has 0 unspecified atom stereocenters. The van der Waals surface area contributed by atoms with Gasteiger partial charge in [0.05, 0.1) is 11.1 Å². The second kappa shape index (κ2) is 3.59. The fourth-order valence-electron chi connectivity index (χ4n) is 1.41. The van der Waals surface area contributed by atoms with Crippen LogP contribution >= 0.6 is 11.5 Å². The SMILES string of the molecule is O=C(O)c1cnc2nc(-c3csnn3)[nH]c2c1. The minimum absolute atomic E-state index is 0.115. The summed E-state index contributed by atoms with van der Waals surface area (Å²) >= 11 is 1.22. The molecule has 0 amide bonds. The minimum atomic E-state index is -1.02. The van der Waals surface area contributed by atoms with E-state index in [-0.39, 0.29) is 5.56 Å². The Balaban J connectivity index is 2.16. The van der Waals surface area contributed by atoms with Crippen LogP contribution in [0.25, 0.3) is 22.7 Å². The number of carbonyl (C=O) groups is 1. The van der Waals surface area contributed by atoms with E-state index >= 15 is 0 Å². The van der Waals surface area contributed by atoms with E-state index in [4.69, 9.17) is 5.11 Å². The first kappa shape index (κ1) is 9.85. The Kier molecular flexibility index (Phi) is 2.08. The summed E-state index contributed by atoms with van der Waals surface area (Å²) in [6.45, 7) is 0. The van der Waals surface area contributed by atoms with E-state index in [0.29, 0.717) is 22.7 Å². The Morgan fingerprint density at radius 3 is 3.06 bits per heavy atom.